The lowest BCUT2D eigenvalue weighted by Gasteiger charge is -2.04. The molecule has 2 heterocycles. The minimum atomic E-state index is 0.748. The van der Waals surface area contributed by atoms with Gasteiger partial charge >= 0.3 is 0 Å². The lowest BCUT2D eigenvalue weighted by Crippen LogP contribution is -1.99. The molecule has 0 atom stereocenters. The Morgan fingerprint density at radius 2 is 2.00 bits per heavy atom. The fraction of sp³-hybridized carbons (Fsp3) is 0.214. The van der Waals surface area contributed by atoms with Crippen LogP contribution in [-0.2, 0) is 6.54 Å². The largest absolute Gasteiger partial charge is 0.356 e. The van der Waals surface area contributed by atoms with Gasteiger partial charge in [-0.15, -0.1) is 10.2 Å². The number of nitrogens with zero attached hydrogens (tertiary/aromatic N) is 3. The van der Waals surface area contributed by atoms with E-state index in [9.17, 15) is 0 Å². The molecule has 3 aromatic rings. The number of nitrogens with one attached hydrogen (secondary N) is 1. The van der Waals surface area contributed by atoms with Crippen LogP contribution in [0.4, 0.5) is 5.13 Å². The van der Waals surface area contributed by atoms with Crippen LogP contribution in [0.1, 0.15) is 16.3 Å². The van der Waals surface area contributed by atoms with Crippen LogP contribution in [0.15, 0.2) is 30.3 Å². The zero-order valence-electron chi connectivity index (χ0n) is 10.8. The zero-order valence-corrected chi connectivity index (χ0v) is 11.7. The van der Waals surface area contributed by atoms with Crippen molar-refractivity contribution < 1.29 is 0 Å². The molecule has 19 heavy (non-hydrogen) atoms. The van der Waals surface area contributed by atoms with E-state index < -0.39 is 0 Å². The maximum Gasteiger partial charge on any atom is 0.205 e. The van der Waals surface area contributed by atoms with Gasteiger partial charge in [0, 0.05) is 17.6 Å². The average Bonchev–Trinajstić information content (AvgIpc) is 2.82. The van der Waals surface area contributed by atoms with Crippen molar-refractivity contribution in [3.8, 4) is 0 Å². The first-order valence-corrected chi connectivity index (χ1v) is 6.92. The van der Waals surface area contributed by atoms with Gasteiger partial charge in [-0.3, -0.25) is 4.98 Å². The number of hydrogen-bond acceptors (Lipinski definition) is 5. The van der Waals surface area contributed by atoms with E-state index in [0.717, 1.165) is 27.9 Å². The molecule has 5 heteroatoms. The lowest BCUT2D eigenvalue weighted by molar-refractivity contribution is 1.03. The summed E-state index contributed by atoms with van der Waals surface area (Å²) in [7, 11) is 0. The molecule has 1 aromatic carbocycles. The van der Waals surface area contributed by atoms with Crippen LogP contribution in [-0.4, -0.2) is 15.2 Å². The second-order valence-corrected chi connectivity index (χ2v) is 5.64. The van der Waals surface area contributed by atoms with Gasteiger partial charge in [-0.2, -0.15) is 0 Å². The van der Waals surface area contributed by atoms with Crippen molar-refractivity contribution in [1.29, 1.82) is 0 Å². The molecule has 3 rings (SSSR count). The van der Waals surface area contributed by atoms with E-state index in [2.05, 4.69) is 44.8 Å². The molecule has 0 fully saturated rings. The van der Waals surface area contributed by atoms with Crippen LogP contribution in [0.3, 0.4) is 0 Å². The molecule has 2 aromatic heterocycles. The molecule has 0 aliphatic carbocycles. The number of anilines is 1. The van der Waals surface area contributed by atoms with Gasteiger partial charge in [-0.05, 0) is 37.6 Å². The van der Waals surface area contributed by atoms with Crippen LogP contribution < -0.4 is 5.32 Å². The number of rotatable bonds is 3. The molecule has 0 saturated carbocycles. The second kappa shape index (κ2) is 4.93. The van der Waals surface area contributed by atoms with E-state index in [4.69, 9.17) is 0 Å². The Morgan fingerprint density at radius 1 is 1.11 bits per heavy atom. The third kappa shape index (κ3) is 2.71. The Hall–Kier alpha value is -2.01. The predicted molar refractivity (Wildman–Crippen MR) is 78.5 cm³/mol. The minimum absolute atomic E-state index is 0.748. The summed E-state index contributed by atoms with van der Waals surface area (Å²) in [6.07, 6.45) is 0. The molecule has 0 radical (unpaired) electrons. The van der Waals surface area contributed by atoms with Crippen molar-refractivity contribution in [3.05, 3.63) is 46.6 Å². The third-order valence-corrected chi connectivity index (χ3v) is 3.66. The number of pyridine rings is 1. The molecule has 96 valence electrons. The molecular formula is C14H14N4S. The minimum Gasteiger partial charge on any atom is -0.356 e. The highest BCUT2D eigenvalue weighted by atomic mass is 32.1. The fourth-order valence-electron chi connectivity index (χ4n) is 1.93. The van der Waals surface area contributed by atoms with E-state index in [1.807, 2.05) is 19.9 Å². The van der Waals surface area contributed by atoms with Crippen LogP contribution in [0, 0.1) is 13.8 Å². The monoisotopic (exact) mass is 270 g/mol. The van der Waals surface area contributed by atoms with Gasteiger partial charge in [-0.25, -0.2) is 0 Å². The second-order valence-electron chi connectivity index (χ2n) is 4.46. The maximum atomic E-state index is 4.50. The Labute approximate surface area is 115 Å². The van der Waals surface area contributed by atoms with Crippen LogP contribution in [0.25, 0.3) is 10.9 Å². The molecule has 0 bridgehead atoms. The Balaban J connectivity index is 1.79. The first kappa shape index (κ1) is 12.0. The lowest BCUT2D eigenvalue weighted by atomic mass is 10.1. The number of aromatic nitrogens is 3. The molecule has 1 N–H and O–H groups in total. The van der Waals surface area contributed by atoms with Crippen molar-refractivity contribution in [1.82, 2.24) is 15.2 Å². The molecular weight excluding hydrogens is 256 g/mol. The number of hydrogen-bond donors (Lipinski definition) is 1. The van der Waals surface area contributed by atoms with Gasteiger partial charge < -0.3 is 5.32 Å². The molecule has 0 aliphatic heterocycles. The van der Waals surface area contributed by atoms with Gasteiger partial charge in [0.15, 0.2) is 0 Å². The fourth-order valence-corrected chi connectivity index (χ4v) is 2.52. The Kier molecular flexibility index (Phi) is 3.13. The summed E-state index contributed by atoms with van der Waals surface area (Å²) in [5.74, 6) is 0. The van der Waals surface area contributed by atoms with Crippen molar-refractivity contribution in [2.75, 3.05) is 5.32 Å². The highest BCUT2D eigenvalue weighted by Gasteiger charge is 2.01. The topological polar surface area (TPSA) is 50.7 Å². The van der Waals surface area contributed by atoms with Crippen LogP contribution in [0.5, 0.6) is 0 Å². The van der Waals surface area contributed by atoms with Gasteiger partial charge in [0.25, 0.3) is 0 Å². The molecule has 0 saturated heterocycles. The smallest absolute Gasteiger partial charge is 0.205 e. The highest BCUT2D eigenvalue weighted by Crippen LogP contribution is 2.18. The number of fused-ring (bicyclic) bond motifs is 1. The first-order valence-electron chi connectivity index (χ1n) is 6.11. The SMILES string of the molecule is Cc1ccc2cc(CNc3nnc(C)s3)ccc2n1. The van der Waals surface area contributed by atoms with Gasteiger partial charge in [0.1, 0.15) is 5.01 Å². The summed E-state index contributed by atoms with van der Waals surface area (Å²) in [5.41, 5.74) is 3.30. The number of aryl methyl sites for hydroxylation is 2. The first-order chi connectivity index (χ1) is 9.20. The molecule has 0 spiro atoms. The van der Waals surface area contributed by atoms with Crippen molar-refractivity contribution >= 4 is 27.4 Å². The Bertz CT molecular complexity index is 720. The quantitative estimate of drug-likeness (QED) is 0.793. The van der Waals surface area contributed by atoms with Crippen molar-refractivity contribution in [2.24, 2.45) is 0 Å². The summed E-state index contributed by atoms with van der Waals surface area (Å²) < 4.78 is 0. The Morgan fingerprint density at radius 3 is 2.79 bits per heavy atom. The van der Waals surface area contributed by atoms with Gasteiger partial charge in [0.2, 0.25) is 5.13 Å². The summed E-state index contributed by atoms with van der Waals surface area (Å²) in [6.45, 7) is 4.71. The van der Waals surface area contributed by atoms with Crippen LogP contribution in [0.2, 0.25) is 0 Å². The number of benzene rings is 1. The summed E-state index contributed by atoms with van der Waals surface area (Å²) in [4.78, 5) is 4.50. The summed E-state index contributed by atoms with van der Waals surface area (Å²) in [5, 5.41) is 14.3. The maximum absolute atomic E-state index is 4.50. The van der Waals surface area contributed by atoms with E-state index in [1.165, 1.54) is 10.9 Å². The summed E-state index contributed by atoms with van der Waals surface area (Å²) in [6, 6.07) is 10.5. The van der Waals surface area contributed by atoms with Gasteiger partial charge in [0.05, 0.1) is 5.52 Å². The molecule has 0 aliphatic rings. The standard InChI is InChI=1S/C14H14N4S/c1-9-3-5-12-7-11(4-6-13(12)16-9)8-15-14-18-17-10(2)19-14/h3-7H,8H2,1-2H3,(H,15,18). The normalized spacial score (nSPS) is 10.8. The molecule has 0 unspecified atom stereocenters. The summed E-state index contributed by atoms with van der Waals surface area (Å²) >= 11 is 1.57. The highest BCUT2D eigenvalue weighted by molar-refractivity contribution is 7.15. The van der Waals surface area contributed by atoms with E-state index >= 15 is 0 Å². The predicted octanol–water partition coefficient (Wildman–Crippen LogP) is 3.32. The van der Waals surface area contributed by atoms with Crippen molar-refractivity contribution in [3.63, 3.8) is 0 Å². The van der Waals surface area contributed by atoms with Crippen LogP contribution >= 0.6 is 11.3 Å². The van der Waals surface area contributed by atoms with Gasteiger partial charge in [-0.1, -0.05) is 23.5 Å². The van der Waals surface area contributed by atoms with E-state index in [1.54, 1.807) is 11.3 Å². The third-order valence-electron chi connectivity index (χ3n) is 2.86. The van der Waals surface area contributed by atoms with E-state index in [-0.39, 0.29) is 0 Å². The molecule has 4 nitrogen and oxygen atoms in total. The molecule has 0 amide bonds. The van der Waals surface area contributed by atoms with Crippen molar-refractivity contribution in [2.45, 2.75) is 20.4 Å². The average molecular weight is 270 g/mol. The van der Waals surface area contributed by atoms with E-state index in [0.29, 0.717) is 0 Å². The zero-order chi connectivity index (χ0) is 13.2.